The lowest BCUT2D eigenvalue weighted by Gasteiger charge is -2.30. The largest absolute Gasteiger partial charge is 0.380 e. The van der Waals surface area contributed by atoms with Crippen LogP contribution in [0.25, 0.3) is 10.9 Å². The summed E-state index contributed by atoms with van der Waals surface area (Å²) in [5.74, 6) is 0.479. The standard InChI is InChI=1S/C18H26N2O/c1-5-19-17(18(21-4)13(2)3)12-14-10-11-20-16-9-7-6-8-15(14)16/h6-11,13,17-19H,5,12H2,1-4H3. The van der Waals surface area contributed by atoms with Crippen LogP contribution in [0.5, 0.6) is 0 Å². The number of pyridine rings is 1. The quantitative estimate of drug-likeness (QED) is 0.847. The van der Waals surface area contributed by atoms with Gasteiger partial charge in [-0.15, -0.1) is 0 Å². The number of nitrogens with one attached hydrogen (secondary N) is 1. The number of aromatic nitrogens is 1. The number of rotatable bonds is 7. The summed E-state index contributed by atoms with van der Waals surface area (Å²) in [6, 6.07) is 10.8. The van der Waals surface area contributed by atoms with Crippen molar-refractivity contribution < 1.29 is 4.74 Å². The summed E-state index contributed by atoms with van der Waals surface area (Å²) in [5.41, 5.74) is 2.39. The van der Waals surface area contributed by atoms with Crippen molar-refractivity contribution in [3.8, 4) is 0 Å². The average molecular weight is 286 g/mol. The molecule has 0 aliphatic rings. The number of ether oxygens (including phenoxy) is 1. The second-order valence-corrected chi connectivity index (χ2v) is 5.80. The summed E-state index contributed by atoms with van der Waals surface area (Å²) in [7, 11) is 1.81. The van der Waals surface area contributed by atoms with E-state index in [1.165, 1.54) is 10.9 Å². The number of nitrogens with zero attached hydrogens (tertiary/aromatic N) is 1. The van der Waals surface area contributed by atoms with Gasteiger partial charge in [0.15, 0.2) is 0 Å². The Morgan fingerprint density at radius 3 is 2.62 bits per heavy atom. The predicted molar refractivity (Wildman–Crippen MR) is 88.5 cm³/mol. The fourth-order valence-electron chi connectivity index (χ4n) is 3.04. The van der Waals surface area contributed by atoms with Crippen LogP contribution >= 0.6 is 0 Å². The van der Waals surface area contributed by atoms with Crippen LogP contribution in [0.2, 0.25) is 0 Å². The van der Waals surface area contributed by atoms with Crippen molar-refractivity contribution in [2.75, 3.05) is 13.7 Å². The molecule has 1 N–H and O–H groups in total. The number of hydrogen-bond acceptors (Lipinski definition) is 3. The van der Waals surface area contributed by atoms with E-state index in [1.807, 2.05) is 12.3 Å². The number of likely N-dealkylation sites (N-methyl/N-ethyl adjacent to an activating group) is 1. The van der Waals surface area contributed by atoms with Gasteiger partial charge in [-0.3, -0.25) is 4.98 Å². The number of hydrogen-bond donors (Lipinski definition) is 1. The lowest BCUT2D eigenvalue weighted by Crippen LogP contribution is -2.45. The van der Waals surface area contributed by atoms with Gasteiger partial charge in [0.2, 0.25) is 0 Å². The first kappa shape index (κ1) is 15.9. The third kappa shape index (κ3) is 3.80. The van der Waals surface area contributed by atoms with Gasteiger partial charge in [0.05, 0.1) is 11.6 Å². The van der Waals surface area contributed by atoms with Gasteiger partial charge < -0.3 is 10.1 Å². The van der Waals surface area contributed by atoms with Crippen LogP contribution in [0.3, 0.4) is 0 Å². The Morgan fingerprint density at radius 2 is 1.95 bits per heavy atom. The summed E-state index contributed by atoms with van der Waals surface area (Å²) >= 11 is 0. The Balaban J connectivity index is 2.30. The fourth-order valence-corrected chi connectivity index (χ4v) is 3.04. The highest BCUT2D eigenvalue weighted by molar-refractivity contribution is 5.81. The van der Waals surface area contributed by atoms with Gasteiger partial charge in [-0.05, 0) is 36.6 Å². The first-order valence-electron chi connectivity index (χ1n) is 7.76. The molecule has 0 amide bonds. The Bertz CT molecular complexity index is 563. The summed E-state index contributed by atoms with van der Waals surface area (Å²) in [6.07, 6.45) is 3.06. The lowest BCUT2D eigenvalue weighted by atomic mass is 9.92. The van der Waals surface area contributed by atoms with Crippen LogP contribution in [0.15, 0.2) is 36.5 Å². The lowest BCUT2D eigenvalue weighted by molar-refractivity contribution is 0.0338. The van der Waals surface area contributed by atoms with Crippen LogP contribution < -0.4 is 5.32 Å². The van der Waals surface area contributed by atoms with E-state index in [9.17, 15) is 0 Å². The molecule has 1 aromatic carbocycles. The molecule has 2 aromatic rings. The van der Waals surface area contributed by atoms with Crippen LogP contribution in [0.4, 0.5) is 0 Å². The van der Waals surface area contributed by atoms with Gasteiger partial charge in [0, 0.05) is 24.7 Å². The molecule has 0 fully saturated rings. The maximum atomic E-state index is 5.73. The Kier molecular flexibility index (Phi) is 5.71. The topological polar surface area (TPSA) is 34.2 Å². The van der Waals surface area contributed by atoms with E-state index in [4.69, 9.17) is 4.74 Å². The zero-order chi connectivity index (χ0) is 15.2. The molecule has 21 heavy (non-hydrogen) atoms. The SMILES string of the molecule is CCNC(Cc1ccnc2ccccc12)C(OC)C(C)C. The number of para-hydroxylation sites is 1. The minimum absolute atomic E-state index is 0.205. The Hall–Kier alpha value is -1.45. The van der Waals surface area contributed by atoms with Crippen LogP contribution in [-0.2, 0) is 11.2 Å². The molecule has 0 saturated carbocycles. The van der Waals surface area contributed by atoms with Crippen molar-refractivity contribution in [2.24, 2.45) is 5.92 Å². The number of methoxy groups -OCH3 is 1. The minimum Gasteiger partial charge on any atom is -0.380 e. The zero-order valence-corrected chi connectivity index (χ0v) is 13.5. The summed E-state index contributed by atoms with van der Waals surface area (Å²) < 4.78 is 5.73. The molecule has 0 radical (unpaired) electrons. The van der Waals surface area contributed by atoms with Gasteiger partial charge in [-0.1, -0.05) is 39.0 Å². The molecule has 114 valence electrons. The van der Waals surface area contributed by atoms with Crippen molar-refractivity contribution in [3.63, 3.8) is 0 Å². The molecule has 1 heterocycles. The van der Waals surface area contributed by atoms with E-state index in [0.717, 1.165) is 18.5 Å². The number of fused-ring (bicyclic) bond motifs is 1. The highest BCUT2D eigenvalue weighted by Crippen LogP contribution is 2.21. The minimum atomic E-state index is 0.205. The molecule has 2 atom stereocenters. The molecule has 0 saturated heterocycles. The third-order valence-electron chi connectivity index (χ3n) is 3.97. The summed E-state index contributed by atoms with van der Waals surface area (Å²) in [4.78, 5) is 4.44. The smallest absolute Gasteiger partial charge is 0.0750 e. The van der Waals surface area contributed by atoms with E-state index in [2.05, 4.69) is 55.3 Å². The average Bonchev–Trinajstić information content (AvgIpc) is 2.48. The van der Waals surface area contributed by atoms with E-state index in [1.54, 1.807) is 7.11 Å². The van der Waals surface area contributed by atoms with Gasteiger partial charge in [-0.25, -0.2) is 0 Å². The van der Waals surface area contributed by atoms with Crippen LogP contribution in [0.1, 0.15) is 26.3 Å². The Labute approximate surface area is 127 Å². The van der Waals surface area contributed by atoms with Gasteiger partial charge in [-0.2, -0.15) is 0 Å². The molecule has 0 bridgehead atoms. The molecular formula is C18H26N2O. The van der Waals surface area contributed by atoms with Crippen molar-refractivity contribution in [2.45, 2.75) is 39.3 Å². The van der Waals surface area contributed by atoms with E-state index in [-0.39, 0.29) is 6.10 Å². The highest BCUT2D eigenvalue weighted by Gasteiger charge is 2.24. The van der Waals surface area contributed by atoms with E-state index < -0.39 is 0 Å². The normalized spacial score (nSPS) is 14.5. The molecular weight excluding hydrogens is 260 g/mol. The molecule has 3 nitrogen and oxygen atoms in total. The van der Waals surface area contributed by atoms with Crippen molar-refractivity contribution in [3.05, 3.63) is 42.1 Å². The monoisotopic (exact) mass is 286 g/mol. The van der Waals surface area contributed by atoms with Crippen LogP contribution in [0, 0.1) is 5.92 Å². The summed E-state index contributed by atoms with van der Waals surface area (Å²) in [6.45, 7) is 7.51. The highest BCUT2D eigenvalue weighted by atomic mass is 16.5. The first-order valence-corrected chi connectivity index (χ1v) is 7.76. The second-order valence-electron chi connectivity index (χ2n) is 5.80. The van der Waals surface area contributed by atoms with Gasteiger partial charge in [0.25, 0.3) is 0 Å². The van der Waals surface area contributed by atoms with Crippen molar-refractivity contribution >= 4 is 10.9 Å². The first-order chi connectivity index (χ1) is 10.2. The predicted octanol–water partition coefficient (Wildman–Crippen LogP) is 3.43. The fraction of sp³-hybridized carbons (Fsp3) is 0.500. The van der Waals surface area contributed by atoms with E-state index in [0.29, 0.717) is 12.0 Å². The Morgan fingerprint density at radius 1 is 1.19 bits per heavy atom. The molecule has 0 spiro atoms. The van der Waals surface area contributed by atoms with E-state index >= 15 is 0 Å². The third-order valence-corrected chi connectivity index (χ3v) is 3.97. The van der Waals surface area contributed by atoms with Crippen molar-refractivity contribution in [1.82, 2.24) is 10.3 Å². The zero-order valence-electron chi connectivity index (χ0n) is 13.5. The van der Waals surface area contributed by atoms with Crippen molar-refractivity contribution in [1.29, 1.82) is 0 Å². The molecule has 2 rings (SSSR count). The molecule has 1 aromatic heterocycles. The summed E-state index contributed by atoms with van der Waals surface area (Å²) in [5, 5.41) is 4.82. The van der Waals surface area contributed by atoms with Crippen LogP contribution in [-0.4, -0.2) is 30.8 Å². The molecule has 3 heteroatoms. The molecule has 0 aliphatic heterocycles. The molecule has 2 unspecified atom stereocenters. The van der Waals surface area contributed by atoms with Gasteiger partial charge in [0.1, 0.15) is 0 Å². The molecule has 0 aliphatic carbocycles. The van der Waals surface area contributed by atoms with Gasteiger partial charge >= 0.3 is 0 Å². The number of benzene rings is 1. The maximum Gasteiger partial charge on any atom is 0.0750 e. The maximum absolute atomic E-state index is 5.73. The second kappa shape index (κ2) is 7.53.